The number of hydrogen-bond acceptors (Lipinski definition) is 10. The maximum Gasteiger partial charge on any atom is 0.248 e. The van der Waals surface area contributed by atoms with Crippen molar-refractivity contribution in [1.82, 2.24) is 29.1 Å². The predicted octanol–water partition coefficient (Wildman–Crippen LogP) is 4.78. The number of methoxy groups -OCH3 is 1. The van der Waals surface area contributed by atoms with Crippen LogP contribution in [-0.2, 0) is 11.8 Å². The molecule has 5 rings (SSSR count). The number of hydrogen-bond donors (Lipinski definition) is 4. The van der Waals surface area contributed by atoms with Crippen LogP contribution in [0.4, 0.5) is 23.0 Å². The van der Waals surface area contributed by atoms with E-state index in [9.17, 15) is 4.79 Å². The summed E-state index contributed by atoms with van der Waals surface area (Å²) in [5, 5.41) is 7.58. The molecule has 1 aliphatic rings. The molecule has 46 heavy (non-hydrogen) atoms. The monoisotopic (exact) mass is 643 g/mol. The first-order chi connectivity index (χ1) is 22.2. The van der Waals surface area contributed by atoms with Gasteiger partial charge in [-0.1, -0.05) is 37.1 Å². The number of ether oxygens (including phenoxy) is 1. The predicted molar refractivity (Wildman–Crippen MR) is 191 cm³/mol. The Kier molecular flexibility index (Phi) is 11.2. The molecule has 0 unspecified atom stereocenters. The van der Waals surface area contributed by atoms with Gasteiger partial charge in [0, 0.05) is 80.8 Å². The molecule has 0 spiro atoms. The lowest BCUT2D eigenvalue weighted by molar-refractivity contribution is -0.111. The van der Waals surface area contributed by atoms with Crippen molar-refractivity contribution in [2.75, 3.05) is 76.5 Å². The minimum atomic E-state index is -0.195. The van der Waals surface area contributed by atoms with Crippen LogP contribution >= 0.6 is 12.8 Å². The van der Waals surface area contributed by atoms with Crippen LogP contribution in [0.1, 0.15) is 12.8 Å². The second-order valence-electron chi connectivity index (χ2n) is 12.0. The van der Waals surface area contributed by atoms with Gasteiger partial charge >= 0.3 is 0 Å². The number of likely N-dealkylation sites (N-methyl/N-ethyl adjacent to an activating group) is 2. The van der Waals surface area contributed by atoms with Crippen LogP contribution in [0, 0.1) is 0 Å². The van der Waals surface area contributed by atoms with E-state index in [2.05, 4.69) is 70.8 Å². The quantitative estimate of drug-likeness (QED) is 0.121. The Labute approximate surface area is 277 Å². The fourth-order valence-corrected chi connectivity index (χ4v) is 5.94. The van der Waals surface area contributed by atoms with E-state index >= 15 is 0 Å². The van der Waals surface area contributed by atoms with Crippen molar-refractivity contribution in [3.05, 3.63) is 67.0 Å². The number of piperidine rings is 1. The number of likely N-dealkylation sites (tertiary alicyclic amines) is 1. The topological polar surface area (TPSA) is 103 Å². The van der Waals surface area contributed by atoms with Crippen LogP contribution in [0.2, 0.25) is 0 Å². The standard InChI is InChI=1S/C34H45N9O2S/c1-40(2)19-20-41(3)31-22-32(45-5)29(21-28(31)36-33(44)11-8-16-43-17-13-24(39-46)14-18-43)38-34-35-15-12-27(37-34)26-23-42(4)30-10-7-6-9-25(26)30/h6-12,15,21-24,39,46H,13-14,16-20H2,1-5H3,(H,36,44)(H,35,37,38)/b11-8+. The van der Waals surface area contributed by atoms with E-state index in [1.54, 1.807) is 19.4 Å². The summed E-state index contributed by atoms with van der Waals surface area (Å²) in [5.41, 5.74) is 5.10. The first kappa shape index (κ1) is 33.3. The zero-order valence-corrected chi connectivity index (χ0v) is 28.2. The second-order valence-corrected chi connectivity index (χ2v) is 12.2. The molecule has 11 nitrogen and oxygen atoms in total. The highest BCUT2D eigenvalue weighted by Gasteiger charge is 2.19. The zero-order chi connectivity index (χ0) is 32.6. The van der Waals surface area contributed by atoms with Crippen molar-refractivity contribution in [2.45, 2.75) is 18.9 Å². The van der Waals surface area contributed by atoms with Gasteiger partial charge in [-0.3, -0.25) is 14.4 Å². The summed E-state index contributed by atoms with van der Waals surface area (Å²) in [5.74, 6) is 0.838. The van der Waals surface area contributed by atoms with E-state index in [-0.39, 0.29) is 5.91 Å². The lowest BCUT2D eigenvalue weighted by atomic mass is 10.1. The summed E-state index contributed by atoms with van der Waals surface area (Å²) >= 11 is 4.20. The molecule has 0 atom stereocenters. The van der Waals surface area contributed by atoms with E-state index < -0.39 is 0 Å². The molecule has 3 N–H and O–H groups in total. The van der Waals surface area contributed by atoms with E-state index in [1.165, 1.54) is 0 Å². The van der Waals surface area contributed by atoms with Gasteiger partial charge in [-0.15, -0.1) is 0 Å². The number of fused-ring (bicyclic) bond motifs is 1. The molecule has 12 heteroatoms. The third-order valence-corrected chi connectivity index (χ3v) is 8.71. The molecule has 1 fully saturated rings. The van der Waals surface area contributed by atoms with E-state index in [0.29, 0.717) is 29.1 Å². The number of amides is 1. The number of para-hydroxylation sites is 1. The fraction of sp³-hybridized carbons (Fsp3) is 0.382. The lowest BCUT2D eigenvalue weighted by Crippen LogP contribution is -2.39. The summed E-state index contributed by atoms with van der Waals surface area (Å²) in [7, 11) is 9.76. The van der Waals surface area contributed by atoms with Crippen molar-refractivity contribution >= 4 is 52.6 Å². The molecule has 0 radical (unpaired) electrons. The van der Waals surface area contributed by atoms with Gasteiger partial charge in [-0.05, 0) is 58.2 Å². The number of aromatic nitrogens is 3. The van der Waals surface area contributed by atoms with Gasteiger partial charge in [0.2, 0.25) is 11.9 Å². The molecule has 2 aromatic heterocycles. The average molecular weight is 644 g/mol. The minimum Gasteiger partial charge on any atom is -0.494 e. The van der Waals surface area contributed by atoms with Gasteiger partial charge in [0.1, 0.15) is 5.75 Å². The number of nitrogens with one attached hydrogen (secondary N) is 3. The molecule has 0 saturated carbocycles. The normalized spacial score (nSPS) is 14.3. The van der Waals surface area contributed by atoms with Gasteiger partial charge < -0.3 is 29.7 Å². The minimum absolute atomic E-state index is 0.195. The van der Waals surface area contributed by atoms with Crippen LogP contribution in [0.3, 0.4) is 0 Å². The molecular weight excluding hydrogens is 599 g/mol. The highest BCUT2D eigenvalue weighted by molar-refractivity contribution is 7.78. The Morgan fingerprint density at radius 1 is 1.11 bits per heavy atom. The van der Waals surface area contributed by atoms with Crippen LogP contribution in [0.15, 0.2) is 67.0 Å². The van der Waals surface area contributed by atoms with Crippen molar-refractivity contribution in [3.63, 3.8) is 0 Å². The van der Waals surface area contributed by atoms with Crippen molar-refractivity contribution < 1.29 is 9.53 Å². The lowest BCUT2D eigenvalue weighted by Gasteiger charge is -2.30. The van der Waals surface area contributed by atoms with Crippen LogP contribution in [0.25, 0.3) is 22.2 Å². The molecule has 1 saturated heterocycles. The Hall–Kier alpha value is -4.10. The Morgan fingerprint density at radius 2 is 1.89 bits per heavy atom. The fourth-order valence-electron chi connectivity index (χ4n) is 5.69. The number of nitrogens with zero attached hydrogens (tertiary/aromatic N) is 6. The Balaban J connectivity index is 1.39. The second kappa shape index (κ2) is 15.5. The molecular formula is C34H45N9O2S. The van der Waals surface area contributed by atoms with Crippen LogP contribution < -0.4 is 25.0 Å². The Morgan fingerprint density at radius 3 is 2.63 bits per heavy atom. The number of carbonyl (C=O) groups is 1. The smallest absolute Gasteiger partial charge is 0.248 e. The van der Waals surface area contributed by atoms with Crippen LogP contribution in [0.5, 0.6) is 5.75 Å². The molecule has 3 heterocycles. The van der Waals surface area contributed by atoms with Gasteiger partial charge in [0.25, 0.3) is 0 Å². The van der Waals surface area contributed by atoms with Crippen LogP contribution in [-0.4, -0.2) is 97.3 Å². The third kappa shape index (κ3) is 8.18. The van der Waals surface area contributed by atoms with Crippen molar-refractivity contribution in [1.29, 1.82) is 0 Å². The van der Waals surface area contributed by atoms with Gasteiger partial charge in [0.05, 0.1) is 29.9 Å². The number of benzene rings is 2. The van der Waals surface area contributed by atoms with E-state index in [0.717, 1.165) is 73.4 Å². The van der Waals surface area contributed by atoms with Gasteiger partial charge in [-0.25, -0.2) is 9.97 Å². The number of thiol groups is 1. The SMILES string of the molecule is COc1cc(N(C)CCN(C)C)c(NC(=O)/C=C/CN2CCC(NS)CC2)cc1Nc1nccc(-c2cn(C)c3ccccc23)n1. The summed E-state index contributed by atoms with van der Waals surface area (Å²) < 4.78 is 11.0. The maximum absolute atomic E-state index is 13.2. The molecule has 1 amide bonds. The summed E-state index contributed by atoms with van der Waals surface area (Å²) in [4.78, 5) is 29.1. The van der Waals surface area contributed by atoms with Gasteiger partial charge in [0.15, 0.2) is 0 Å². The largest absolute Gasteiger partial charge is 0.494 e. The maximum atomic E-state index is 13.2. The summed E-state index contributed by atoms with van der Waals surface area (Å²) in [6, 6.07) is 14.4. The molecule has 2 aromatic carbocycles. The molecule has 1 aliphatic heterocycles. The first-order valence-corrected chi connectivity index (χ1v) is 16.0. The number of anilines is 4. The molecule has 4 aromatic rings. The average Bonchev–Trinajstić information content (AvgIpc) is 3.40. The molecule has 244 valence electrons. The van der Waals surface area contributed by atoms with Crippen molar-refractivity contribution in [2.24, 2.45) is 7.05 Å². The van der Waals surface area contributed by atoms with E-state index in [4.69, 9.17) is 9.72 Å². The first-order valence-electron chi connectivity index (χ1n) is 15.6. The molecule has 0 aliphatic carbocycles. The number of carbonyl (C=O) groups excluding carboxylic acids is 1. The van der Waals surface area contributed by atoms with Gasteiger partial charge in [-0.2, -0.15) is 0 Å². The summed E-state index contributed by atoms with van der Waals surface area (Å²) in [6.45, 7) is 4.28. The van der Waals surface area contributed by atoms with E-state index in [1.807, 2.05) is 64.6 Å². The highest BCUT2D eigenvalue weighted by atomic mass is 32.1. The third-order valence-electron chi connectivity index (χ3n) is 8.35. The Bertz CT molecular complexity index is 1660. The number of aryl methyl sites for hydroxylation is 1. The summed E-state index contributed by atoms with van der Waals surface area (Å²) in [6.07, 6.45) is 9.45. The van der Waals surface area contributed by atoms with Crippen molar-refractivity contribution in [3.8, 4) is 17.0 Å². The molecule has 0 bridgehead atoms. The highest BCUT2D eigenvalue weighted by Crippen LogP contribution is 2.38. The number of rotatable bonds is 13. The zero-order valence-electron chi connectivity index (χ0n) is 27.3.